The minimum atomic E-state index is 0.0805. The van der Waals surface area contributed by atoms with E-state index < -0.39 is 0 Å². The molecule has 0 heterocycles. The predicted octanol–water partition coefficient (Wildman–Crippen LogP) is 6.99. The van der Waals surface area contributed by atoms with Crippen LogP contribution in [0.5, 0.6) is 0 Å². The molecule has 154 valence electrons. The average Bonchev–Trinajstić information content (AvgIpc) is 2.72. The SMILES string of the molecule is C=CCOC1CCC2CC(c3cc(F)c4c(c3)CCC(CCC)C4)CCC2C1. The highest BCUT2D eigenvalue weighted by Gasteiger charge is 2.36. The molecule has 5 atom stereocenters. The summed E-state index contributed by atoms with van der Waals surface area (Å²) in [5.74, 6) is 2.93. The summed E-state index contributed by atoms with van der Waals surface area (Å²) in [5.41, 5.74) is 3.63. The summed E-state index contributed by atoms with van der Waals surface area (Å²) in [6, 6.07) is 4.28. The van der Waals surface area contributed by atoms with Crippen molar-refractivity contribution in [2.24, 2.45) is 17.8 Å². The number of halogens is 1. The van der Waals surface area contributed by atoms with Gasteiger partial charge in [-0.25, -0.2) is 4.39 Å². The van der Waals surface area contributed by atoms with Gasteiger partial charge in [0.2, 0.25) is 0 Å². The first-order valence-electron chi connectivity index (χ1n) is 11.7. The van der Waals surface area contributed by atoms with Gasteiger partial charge < -0.3 is 4.74 Å². The van der Waals surface area contributed by atoms with Crippen LogP contribution in [-0.4, -0.2) is 12.7 Å². The van der Waals surface area contributed by atoms with Crippen molar-refractivity contribution in [2.75, 3.05) is 6.61 Å². The fraction of sp³-hybridized carbons (Fsp3) is 0.692. The van der Waals surface area contributed by atoms with E-state index in [0.29, 0.717) is 24.5 Å². The Morgan fingerprint density at radius 3 is 2.75 bits per heavy atom. The van der Waals surface area contributed by atoms with E-state index in [0.717, 1.165) is 30.2 Å². The Morgan fingerprint density at radius 1 is 1.11 bits per heavy atom. The minimum Gasteiger partial charge on any atom is -0.374 e. The van der Waals surface area contributed by atoms with Gasteiger partial charge >= 0.3 is 0 Å². The highest BCUT2D eigenvalue weighted by atomic mass is 19.1. The lowest BCUT2D eigenvalue weighted by atomic mass is 9.65. The molecule has 5 unspecified atom stereocenters. The van der Waals surface area contributed by atoms with E-state index in [9.17, 15) is 4.39 Å². The predicted molar refractivity (Wildman–Crippen MR) is 114 cm³/mol. The van der Waals surface area contributed by atoms with Crippen molar-refractivity contribution in [1.82, 2.24) is 0 Å². The number of fused-ring (bicyclic) bond motifs is 2. The van der Waals surface area contributed by atoms with Crippen LogP contribution in [0.15, 0.2) is 24.8 Å². The van der Waals surface area contributed by atoms with Crippen molar-refractivity contribution < 1.29 is 9.13 Å². The lowest BCUT2D eigenvalue weighted by Crippen LogP contribution is -2.34. The first kappa shape index (κ1) is 20.1. The van der Waals surface area contributed by atoms with Crippen molar-refractivity contribution in [1.29, 1.82) is 0 Å². The molecule has 28 heavy (non-hydrogen) atoms. The molecule has 3 aliphatic rings. The molecule has 1 aromatic rings. The molecule has 0 aromatic heterocycles. The molecule has 0 amide bonds. The van der Waals surface area contributed by atoms with E-state index in [1.54, 1.807) is 0 Å². The molecule has 2 fully saturated rings. The van der Waals surface area contributed by atoms with E-state index in [1.807, 2.05) is 12.1 Å². The standard InChI is InChI=1S/C26H37FO/c1-3-5-18-6-7-22-15-23(17-26(27)25(22)13-18)20-8-9-21-16-24(28-12-4-2)11-10-19(21)14-20/h4,15,17-21,24H,2-3,5-14,16H2,1H3. The molecule has 0 aliphatic heterocycles. The minimum absolute atomic E-state index is 0.0805. The van der Waals surface area contributed by atoms with Crippen LogP contribution < -0.4 is 0 Å². The Balaban J connectivity index is 1.41. The molecule has 1 aromatic carbocycles. The molecule has 2 saturated carbocycles. The van der Waals surface area contributed by atoms with Gasteiger partial charge in [0.25, 0.3) is 0 Å². The summed E-state index contributed by atoms with van der Waals surface area (Å²) in [6.07, 6.45) is 15.4. The van der Waals surface area contributed by atoms with Crippen molar-refractivity contribution in [3.05, 3.63) is 47.3 Å². The van der Waals surface area contributed by atoms with E-state index >= 15 is 0 Å². The lowest BCUT2D eigenvalue weighted by Gasteiger charge is -2.42. The molecule has 0 radical (unpaired) electrons. The summed E-state index contributed by atoms with van der Waals surface area (Å²) < 4.78 is 20.9. The highest BCUT2D eigenvalue weighted by molar-refractivity contribution is 5.37. The Morgan fingerprint density at radius 2 is 1.93 bits per heavy atom. The number of benzene rings is 1. The highest BCUT2D eigenvalue weighted by Crippen LogP contribution is 2.47. The normalized spacial score (nSPS) is 32.4. The third-order valence-electron chi connectivity index (χ3n) is 7.81. The molecule has 1 nitrogen and oxygen atoms in total. The molecule has 0 spiro atoms. The molecule has 0 bridgehead atoms. The molecular formula is C26H37FO. The fourth-order valence-electron chi connectivity index (χ4n) is 6.31. The summed E-state index contributed by atoms with van der Waals surface area (Å²) in [6.45, 7) is 6.68. The molecule has 4 rings (SSSR count). The van der Waals surface area contributed by atoms with Crippen LogP contribution in [0.3, 0.4) is 0 Å². The smallest absolute Gasteiger partial charge is 0.126 e. The van der Waals surface area contributed by atoms with Crippen LogP contribution in [-0.2, 0) is 17.6 Å². The van der Waals surface area contributed by atoms with Gasteiger partial charge in [0.05, 0.1) is 12.7 Å². The second-order valence-corrected chi connectivity index (χ2v) is 9.63. The van der Waals surface area contributed by atoms with Crippen molar-refractivity contribution >= 4 is 0 Å². The third-order valence-corrected chi connectivity index (χ3v) is 7.81. The summed E-state index contributed by atoms with van der Waals surface area (Å²) >= 11 is 0. The zero-order chi connectivity index (χ0) is 19.5. The maximum atomic E-state index is 15.0. The quantitative estimate of drug-likeness (QED) is 0.480. The van der Waals surface area contributed by atoms with Crippen molar-refractivity contribution in [3.8, 4) is 0 Å². The molecule has 0 N–H and O–H groups in total. The third kappa shape index (κ3) is 4.37. The van der Waals surface area contributed by atoms with Crippen molar-refractivity contribution in [2.45, 2.75) is 89.6 Å². The van der Waals surface area contributed by atoms with Crippen LogP contribution >= 0.6 is 0 Å². The number of ether oxygens (including phenoxy) is 1. The topological polar surface area (TPSA) is 9.23 Å². The van der Waals surface area contributed by atoms with Gasteiger partial charge in [-0.15, -0.1) is 6.58 Å². The van der Waals surface area contributed by atoms with Crippen molar-refractivity contribution in [3.63, 3.8) is 0 Å². The second kappa shape index (κ2) is 9.11. The Labute approximate surface area is 170 Å². The second-order valence-electron chi connectivity index (χ2n) is 9.63. The molecule has 2 heteroatoms. The van der Waals surface area contributed by atoms with E-state index in [-0.39, 0.29) is 5.82 Å². The average molecular weight is 385 g/mol. The van der Waals surface area contributed by atoms with Gasteiger partial charge in [-0.1, -0.05) is 31.9 Å². The fourth-order valence-corrected chi connectivity index (χ4v) is 6.31. The first-order valence-corrected chi connectivity index (χ1v) is 11.7. The van der Waals surface area contributed by atoms with Crippen LogP contribution in [0, 0.1) is 23.6 Å². The number of aryl methyl sites for hydroxylation is 1. The van der Waals surface area contributed by atoms with Crippen LogP contribution in [0.25, 0.3) is 0 Å². The van der Waals surface area contributed by atoms with Gasteiger partial charge in [-0.05, 0) is 104 Å². The van der Waals surface area contributed by atoms with E-state index in [1.165, 1.54) is 68.9 Å². The number of rotatable bonds is 6. The van der Waals surface area contributed by atoms with Crippen LogP contribution in [0.2, 0.25) is 0 Å². The lowest BCUT2D eigenvalue weighted by molar-refractivity contribution is -0.00311. The zero-order valence-corrected chi connectivity index (χ0v) is 17.6. The maximum Gasteiger partial charge on any atom is 0.126 e. The largest absolute Gasteiger partial charge is 0.374 e. The van der Waals surface area contributed by atoms with Gasteiger partial charge in [-0.3, -0.25) is 0 Å². The Bertz CT molecular complexity index is 681. The maximum absolute atomic E-state index is 15.0. The number of hydrogen-bond acceptors (Lipinski definition) is 1. The first-order chi connectivity index (χ1) is 13.7. The summed E-state index contributed by atoms with van der Waals surface area (Å²) in [5, 5.41) is 0. The molecular weight excluding hydrogens is 347 g/mol. The zero-order valence-electron chi connectivity index (χ0n) is 17.6. The van der Waals surface area contributed by atoms with Gasteiger partial charge in [0, 0.05) is 0 Å². The summed E-state index contributed by atoms with van der Waals surface area (Å²) in [7, 11) is 0. The van der Waals surface area contributed by atoms with Gasteiger partial charge in [-0.2, -0.15) is 0 Å². The van der Waals surface area contributed by atoms with Gasteiger partial charge in [0.1, 0.15) is 5.82 Å². The number of hydrogen-bond donors (Lipinski definition) is 0. The van der Waals surface area contributed by atoms with Gasteiger partial charge in [0.15, 0.2) is 0 Å². The Kier molecular flexibility index (Phi) is 6.55. The molecule has 3 aliphatic carbocycles. The van der Waals surface area contributed by atoms with Crippen LogP contribution in [0.1, 0.15) is 87.3 Å². The monoisotopic (exact) mass is 384 g/mol. The van der Waals surface area contributed by atoms with E-state index in [4.69, 9.17) is 4.74 Å². The molecule has 0 saturated heterocycles. The summed E-state index contributed by atoms with van der Waals surface area (Å²) in [4.78, 5) is 0. The Hall–Kier alpha value is -1.15. The van der Waals surface area contributed by atoms with Crippen LogP contribution in [0.4, 0.5) is 4.39 Å². The van der Waals surface area contributed by atoms with E-state index in [2.05, 4.69) is 19.6 Å².